The molecule has 4 heteroatoms. The number of aryl methyl sites for hydroxylation is 1. The van der Waals surface area contributed by atoms with Crippen molar-refractivity contribution >= 4 is 11.6 Å². The zero-order valence-corrected chi connectivity index (χ0v) is 12.9. The van der Waals surface area contributed by atoms with E-state index in [2.05, 4.69) is 30.2 Å². The van der Waals surface area contributed by atoms with Gasteiger partial charge in [-0.15, -0.1) is 0 Å². The largest absolute Gasteiger partial charge is 0.230 e. The number of nitrogens with zero attached hydrogens (tertiary/aromatic N) is 3. The molecule has 0 atom stereocenters. The van der Waals surface area contributed by atoms with Crippen molar-refractivity contribution < 1.29 is 0 Å². The Balaban J connectivity index is 2.17. The molecule has 0 radical (unpaired) electrons. The topological polar surface area (TPSA) is 41.6 Å². The maximum Gasteiger partial charge on any atom is 0.163 e. The highest BCUT2D eigenvalue weighted by Gasteiger charge is 2.13. The van der Waals surface area contributed by atoms with Crippen LogP contribution in [0.2, 0.25) is 5.02 Å². The van der Waals surface area contributed by atoms with Crippen LogP contribution in [0.4, 0.5) is 0 Å². The molecule has 3 rings (SSSR count). The molecule has 0 spiro atoms. The SMILES string of the molecule is CCc1ccc(-c2cc(C#N)nn2-c2ccccc2Cl)cc1. The van der Waals surface area contributed by atoms with Crippen LogP contribution in [-0.4, -0.2) is 9.78 Å². The van der Waals surface area contributed by atoms with Crippen molar-refractivity contribution in [3.63, 3.8) is 0 Å². The van der Waals surface area contributed by atoms with Crippen molar-refractivity contribution in [2.45, 2.75) is 13.3 Å². The molecule has 0 saturated carbocycles. The van der Waals surface area contributed by atoms with Gasteiger partial charge in [-0.1, -0.05) is 54.9 Å². The summed E-state index contributed by atoms with van der Waals surface area (Å²) < 4.78 is 1.72. The molecular weight excluding hydrogens is 294 g/mol. The van der Waals surface area contributed by atoms with Gasteiger partial charge in [-0.3, -0.25) is 0 Å². The lowest BCUT2D eigenvalue weighted by Gasteiger charge is -2.09. The summed E-state index contributed by atoms with van der Waals surface area (Å²) >= 11 is 6.27. The van der Waals surface area contributed by atoms with E-state index in [0.29, 0.717) is 10.7 Å². The predicted octanol–water partition coefficient (Wildman–Crippen LogP) is 4.63. The number of hydrogen-bond acceptors (Lipinski definition) is 2. The fourth-order valence-electron chi connectivity index (χ4n) is 2.36. The highest BCUT2D eigenvalue weighted by Crippen LogP contribution is 2.28. The number of aromatic nitrogens is 2. The van der Waals surface area contributed by atoms with Crippen LogP contribution in [0.1, 0.15) is 18.2 Å². The lowest BCUT2D eigenvalue weighted by Crippen LogP contribution is -2.00. The molecule has 0 aliphatic heterocycles. The van der Waals surface area contributed by atoms with Gasteiger partial charge in [0.2, 0.25) is 0 Å². The zero-order chi connectivity index (χ0) is 15.5. The first-order valence-corrected chi connectivity index (χ1v) is 7.45. The molecular formula is C18H14ClN3. The van der Waals surface area contributed by atoms with Gasteiger partial charge in [-0.05, 0) is 24.1 Å². The molecule has 108 valence electrons. The van der Waals surface area contributed by atoms with E-state index in [1.165, 1.54) is 5.56 Å². The van der Waals surface area contributed by atoms with Gasteiger partial charge in [-0.2, -0.15) is 10.4 Å². The Labute approximate surface area is 134 Å². The summed E-state index contributed by atoms with van der Waals surface area (Å²) in [6.45, 7) is 2.12. The van der Waals surface area contributed by atoms with Crippen molar-refractivity contribution in [2.24, 2.45) is 0 Å². The third-order valence-electron chi connectivity index (χ3n) is 3.56. The van der Waals surface area contributed by atoms with Crippen molar-refractivity contribution in [2.75, 3.05) is 0 Å². The molecule has 0 unspecified atom stereocenters. The minimum Gasteiger partial charge on any atom is -0.230 e. The van der Waals surface area contributed by atoms with Crippen LogP contribution in [0.3, 0.4) is 0 Å². The summed E-state index contributed by atoms with van der Waals surface area (Å²) in [5.41, 5.74) is 4.27. The summed E-state index contributed by atoms with van der Waals surface area (Å²) in [5.74, 6) is 0. The molecule has 3 nitrogen and oxygen atoms in total. The summed E-state index contributed by atoms with van der Waals surface area (Å²) in [5, 5.41) is 14.1. The molecule has 22 heavy (non-hydrogen) atoms. The minimum absolute atomic E-state index is 0.370. The molecule has 0 N–H and O–H groups in total. The van der Waals surface area contributed by atoms with Crippen LogP contribution in [0, 0.1) is 11.3 Å². The second kappa shape index (κ2) is 6.05. The van der Waals surface area contributed by atoms with Crippen molar-refractivity contribution in [3.8, 4) is 23.0 Å². The lowest BCUT2D eigenvalue weighted by molar-refractivity contribution is 0.880. The second-order valence-corrected chi connectivity index (χ2v) is 5.35. The van der Waals surface area contributed by atoms with E-state index in [0.717, 1.165) is 23.4 Å². The Morgan fingerprint density at radius 1 is 1.14 bits per heavy atom. The predicted molar refractivity (Wildman–Crippen MR) is 88.1 cm³/mol. The first-order chi connectivity index (χ1) is 10.7. The lowest BCUT2D eigenvalue weighted by atomic mass is 10.1. The van der Waals surface area contributed by atoms with E-state index in [-0.39, 0.29) is 0 Å². The van der Waals surface area contributed by atoms with E-state index in [1.807, 2.05) is 36.4 Å². The van der Waals surface area contributed by atoms with Crippen LogP contribution in [-0.2, 0) is 6.42 Å². The van der Waals surface area contributed by atoms with Gasteiger partial charge in [0.25, 0.3) is 0 Å². The van der Waals surface area contributed by atoms with Gasteiger partial charge < -0.3 is 0 Å². The van der Waals surface area contributed by atoms with Gasteiger partial charge in [-0.25, -0.2) is 4.68 Å². The molecule has 0 fully saturated rings. The fourth-order valence-corrected chi connectivity index (χ4v) is 2.58. The zero-order valence-electron chi connectivity index (χ0n) is 12.1. The van der Waals surface area contributed by atoms with Gasteiger partial charge >= 0.3 is 0 Å². The number of halogens is 1. The van der Waals surface area contributed by atoms with Gasteiger partial charge in [0.05, 0.1) is 16.4 Å². The smallest absolute Gasteiger partial charge is 0.163 e. The highest BCUT2D eigenvalue weighted by atomic mass is 35.5. The first kappa shape index (κ1) is 14.4. The van der Waals surface area contributed by atoms with Crippen LogP contribution >= 0.6 is 11.6 Å². The van der Waals surface area contributed by atoms with Crippen LogP contribution in [0.25, 0.3) is 16.9 Å². The number of hydrogen-bond donors (Lipinski definition) is 0. The molecule has 2 aromatic carbocycles. The van der Waals surface area contributed by atoms with Crippen molar-refractivity contribution in [1.29, 1.82) is 5.26 Å². The summed E-state index contributed by atoms with van der Waals surface area (Å²) in [7, 11) is 0. The van der Waals surface area contributed by atoms with Crippen molar-refractivity contribution in [3.05, 3.63) is 70.9 Å². The van der Waals surface area contributed by atoms with E-state index >= 15 is 0 Å². The fraction of sp³-hybridized carbons (Fsp3) is 0.111. The monoisotopic (exact) mass is 307 g/mol. The number of rotatable bonds is 3. The third-order valence-corrected chi connectivity index (χ3v) is 3.88. The normalized spacial score (nSPS) is 10.4. The minimum atomic E-state index is 0.370. The Morgan fingerprint density at radius 3 is 2.50 bits per heavy atom. The Bertz CT molecular complexity index is 842. The summed E-state index contributed by atoms with van der Waals surface area (Å²) in [4.78, 5) is 0. The molecule has 0 aliphatic rings. The van der Waals surface area contributed by atoms with Gasteiger partial charge in [0.1, 0.15) is 6.07 Å². The van der Waals surface area contributed by atoms with E-state index in [4.69, 9.17) is 16.9 Å². The number of para-hydroxylation sites is 1. The average molecular weight is 308 g/mol. The maximum atomic E-state index is 9.16. The standard InChI is InChI=1S/C18H14ClN3/c1-2-13-7-9-14(10-8-13)18-11-15(12-20)21-22(18)17-6-4-3-5-16(17)19/h3-11H,2H2,1H3. The summed E-state index contributed by atoms with van der Waals surface area (Å²) in [6, 6.07) is 19.6. The van der Waals surface area contributed by atoms with Gasteiger partial charge in [0, 0.05) is 11.6 Å². The maximum absolute atomic E-state index is 9.16. The quantitative estimate of drug-likeness (QED) is 0.708. The third kappa shape index (κ3) is 2.61. The molecule has 1 aromatic heterocycles. The first-order valence-electron chi connectivity index (χ1n) is 7.07. The molecule has 0 aliphatic carbocycles. The molecule has 0 saturated heterocycles. The molecule has 1 heterocycles. The van der Waals surface area contributed by atoms with Crippen LogP contribution in [0.5, 0.6) is 0 Å². The van der Waals surface area contributed by atoms with E-state index in [9.17, 15) is 0 Å². The average Bonchev–Trinajstić information content (AvgIpc) is 2.99. The highest BCUT2D eigenvalue weighted by molar-refractivity contribution is 6.32. The van der Waals surface area contributed by atoms with Crippen LogP contribution < -0.4 is 0 Å². The molecule has 0 bridgehead atoms. The Kier molecular flexibility index (Phi) is 3.95. The number of benzene rings is 2. The van der Waals surface area contributed by atoms with E-state index < -0.39 is 0 Å². The van der Waals surface area contributed by atoms with E-state index in [1.54, 1.807) is 10.7 Å². The Morgan fingerprint density at radius 2 is 1.86 bits per heavy atom. The second-order valence-electron chi connectivity index (χ2n) is 4.94. The Hall–Kier alpha value is -2.57. The molecule has 0 amide bonds. The summed E-state index contributed by atoms with van der Waals surface area (Å²) in [6.07, 6.45) is 0.994. The van der Waals surface area contributed by atoms with Gasteiger partial charge in [0.15, 0.2) is 5.69 Å². The molecule has 3 aromatic rings. The number of nitriles is 1. The van der Waals surface area contributed by atoms with Crippen molar-refractivity contribution in [1.82, 2.24) is 9.78 Å². The van der Waals surface area contributed by atoms with Crippen LogP contribution in [0.15, 0.2) is 54.6 Å².